The van der Waals surface area contributed by atoms with Gasteiger partial charge < -0.3 is 19.0 Å². The molecule has 1 N–H and O–H groups in total. The number of ether oxygens (including phenoxy) is 2. The first-order chi connectivity index (χ1) is 13.0. The van der Waals surface area contributed by atoms with Crippen LogP contribution >= 0.6 is 0 Å². The van der Waals surface area contributed by atoms with E-state index in [0.717, 1.165) is 6.08 Å². The van der Waals surface area contributed by atoms with Gasteiger partial charge in [-0.05, 0) is 24.3 Å². The number of benzene rings is 2. The summed E-state index contributed by atoms with van der Waals surface area (Å²) in [4.78, 5) is 23.3. The summed E-state index contributed by atoms with van der Waals surface area (Å²) in [5.74, 6) is -0.926. The molecule has 0 spiro atoms. The Hall–Kier alpha value is -3.81. The number of phenols is 1. The van der Waals surface area contributed by atoms with Gasteiger partial charge in [-0.1, -0.05) is 12.1 Å². The molecule has 138 valence electrons. The van der Waals surface area contributed by atoms with Crippen LogP contribution in [0.15, 0.2) is 47.1 Å². The Labute approximate surface area is 153 Å². The van der Waals surface area contributed by atoms with Gasteiger partial charge in [-0.2, -0.15) is 0 Å². The van der Waals surface area contributed by atoms with Crippen molar-refractivity contribution in [3.63, 3.8) is 0 Å². The number of furan rings is 1. The van der Waals surface area contributed by atoms with Gasteiger partial charge in [0, 0.05) is 6.07 Å². The Morgan fingerprint density at radius 2 is 1.89 bits per heavy atom. The van der Waals surface area contributed by atoms with Gasteiger partial charge in [0.25, 0.3) is 5.69 Å². The highest BCUT2D eigenvalue weighted by Gasteiger charge is 2.26. The van der Waals surface area contributed by atoms with E-state index in [9.17, 15) is 20.0 Å². The van der Waals surface area contributed by atoms with Crippen molar-refractivity contribution >= 4 is 28.5 Å². The van der Waals surface area contributed by atoms with E-state index in [1.165, 1.54) is 44.8 Å². The van der Waals surface area contributed by atoms with E-state index in [-0.39, 0.29) is 33.9 Å². The summed E-state index contributed by atoms with van der Waals surface area (Å²) < 4.78 is 15.7. The fraction of sp³-hybridized carbons (Fsp3) is 0.105. The van der Waals surface area contributed by atoms with E-state index < -0.39 is 16.5 Å². The average molecular weight is 369 g/mol. The van der Waals surface area contributed by atoms with Crippen molar-refractivity contribution in [3.8, 4) is 17.2 Å². The van der Waals surface area contributed by atoms with Crippen molar-refractivity contribution in [2.45, 2.75) is 0 Å². The highest BCUT2D eigenvalue weighted by atomic mass is 16.6. The predicted molar refractivity (Wildman–Crippen MR) is 97.4 cm³/mol. The molecule has 0 aliphatic heterocycles. The summed E-state index contributed by atoms with van der Waals surface area (Å²) in [6, 6.07) is 7.58. The van der Waals surface area contributed by atoms with Crippen LogP contribution in [0.5, 0.6) is 17.2 Å². The topological polar surface area (TPSA) is 112 Å². The Bertz CT molecular complexity index is 1070. The summed E-state index contributed by atoms with van der Waals surface area (Å²) in [7, 11) is 2.69. The lowest BCUT2D eigenvalue weighted by Crippen LogP contribution is -2.02. The van der Waals surface area contributed by atoms with Crippen molar-refractivity contribution in [2.75, 3.05) is 14.2 Å². The van der Waals surface area contributed by atoms with Crippen molar-refractivity contribution in [3.05, 3.63) is 63.9 Å². The molecule has 8 heteroatoms. The minimum absolute atomic E-state index is 0.00163. The molecule has 0 fully saturated rings. The zero-order chi connectivity index (χ0) is 19.6. The van der Waals surface area contributed by atoms with Crippen molar-refractivity contribution in [2.24, 2.45) is 0 Å². The quantitative estimate of drug-likeness (QED) is 0.303. The molecule has 1 heterocycles. The van der Waals surface area contributed by atoms with Crippen LogP contribution in [-0.2, 0) is 0 Å². The second-order valence-corrected chi connectivity index (χ2v) is 5.47. The third-order valence-corrected chi connectivity index (χ3v) is 4.00. The SMILES string of the molecule is COc1c(C(=O)C=Cc2ccccc2[N+](=O)[O-])c(O)c(OC)c2occc12. The average Bonchev–Trinajstić information content (AvgIpc) is 3.14. The lowest BCUT2D eigenvalue weighted by atomic mass is 10.0. The largest absolute Gasteiger partial charge is 0.504 e. The van der Waals surface area contributed by atoms with Crippen LogP contribution in [0.4, 0.5) is 5.69 Å². The number of carbonyl (C=O) groups excluding carboxylic acids is 1. The maximum absolute atomic E-state index is 12.8. The molecule has 0 bridgehead atoms. The molecule has 3 rings (SSSR count). The molecule has 0 aliphatic carbocycles. The van der Waals surface area contributed by atoms with Crippen LogP contribution in [0.1, 0.15) is 15.9 Å². The summed E-state index contributed by atoms with van der Waals surface area (Å²) in [6.45, 7) is 0. The third kappa shape index (κ3) is 3.08. The molecule has 27 heavy (non-hydrogen) atoms. The van der Waals surface area contributed by atoms with Gasteiger partial charge in [0.15, 0.2) is 17.1 Å². The number of hydrogen-bond donors (Lipinski definition) is 1. The van der Waals surface area contributed by atoms with Gasteiger partial charge in [0.2, 0.25) is 5.75 Å². The maximum atomic E-state index is 12.8. The van der Waals surface area contributed by atoms with Crippen molar-refractivity contribution in [1.29, 1.82) is 0 Å². The van der Waals surface area contributed by atoms with Crippen LogP contribution in [-0.4, -0.2) is 30.0 Å². The Morgan fingerprint density at radius 1 is 1.19 bits per heavy atom. The number of allylic oxidation sites excluding steroid dienone is 1. The zero-order valence-electron chi connectivity index (χ0n) is 14.5. The maximum Gasteiger partial charge on any atom is 0.276 e. The highest BCUT2D eigenvalue weighted by Crippen LogP contribution is 2.45. The van der Waals surface area contributed by atoms with Crippen LogP contribution in [0, 0.1) is 10.1 Å². The minimum atomic E-state index is -0.607. The molecule has 3 aromatic rings. The second kappa shape index (κ2) is 7.20. The fourth-order valence-corrected chi connectivity index (χ4v) is 2.80. The van der Waals surface area contributed by atoms with Gasteiger partial charge >= 0.3 is 0 Å². The van der Waals surface area contributed by atoms with Crippen molar-refractivity contribution < 1.29 is 28.7 Å². The summed E-state index contributed by atoms with van der Waals surface area (Å²) in [5, 5.41) is 22.0. The van der Waals surface area contributed by atoms with Gasteiger partial charge in [-0.15, -0.1) is 0 Å². The number of phenolic OH excluding ortho intramolecular Hbond substituents is 1. The van der Waals surface area contributed by atoms with Crippen LogP contribution < -0.4 is 9.47 Å². The monoisotopic (exact) mass is 369 g/mol. The van der Waals surface area contributed by atoms with Gasteiger partial charge in [-0.3, -0.25) is 14.9 Å². The Balaban J connectivity index is 2.11. The molecule has 0 saturated carbocycles. The number of nitrogens with zero attached hydrogens (tertiary/aromatic N) is 1. The summed E-state index contributed by atoms with van der Waals surface area (Å²) in [5.41, 5.74) is 0.232. The normalized spacial score (nSPS) is 11.0. The molecule has 0 aliphatic rings. The van der Waals surface area contributed by atoms with Crippen LogP contribution in [0.25, 0.3) is 17.0 Å². The third-order valence-electron chi connectivity index (χ3n) is 4.00. The number of carbonyl (C=O) groups is 1. The Morgan fingerprint density at radius 3 is 2.56 bits per heavy atom. The Kier molecular flexibility index (Phi) is 4.80. The van der Waals surface area contributed by atoms with E-state index >= 15 is 0 Å². The number of ketones is 1. The van der Waals surface area contributed by atoms with Crippen LogP contribution in [0.2, 0.25) is 0 Å². The number of fused-ring (bicyclic) bond motifs is 1. The first kappa shape index (κ1) is 18.0. The first-order valence-electron chi connectivity index (χ1n) is 7.79. The van der Waals surface area contributed by atoms with E-state index in [4.69, 9.17) is 13.9 Å². The number of methoxy groups -OCH3 is 2. The molecule has 0 amide bonds. The number of rotatable bonds is 6. The molecule has 0 saturated heterocycles. The molecule has 2 aromatic carbocycles. The molecule has 0 radical (unpaired) electrons. The molecule has 1 aromatic heterocycles. The minimum Gasteiger partial charge on any atom is -0.504 e. The standard InChI is InChI=1S/C19H15NO7/c1-25-17-12-9-10-27-18(12)19(26-2)16(22)15(17)14(21)8-7-11-5-3-4-6-13(11)20(23)24/h3-10,22H,1-2H3. The summed E-state index contributed by atoms with van der Waals surface area (Å²) in [6.07, 6.45) is 3.82. The number of para-hydroxylation sites is 1. The lowest BCUT2D eigenvalue weighted by Gasteiger charge is -2.13. The zero-order valence-corrected chi connectivity index (χ0v) is 14.5. The highest BCUT2D eigenvalue weighted by molar-refractivity contribution is 6.15. The molecule has 8 nitrogen and oxygen atoms in total. The number of nitro groups is 1. The van der Waals surface area contributed by atoms with Gasteiger partial charge in [0.1, 0.15) is 11.3 Å². The number of aromatic hydroxyl groups is 1. The second-order valence-electron chi connectivity index (χ2n) is 5.47. The van der Waals surface area contributed by atoms with E-state index in [1.807, 2.05) is 0 Å². The fourth-order valence-electron chi connectivity index (χ4n) is 2.80. The lowest BCUT2D eigenvalue weighted by molar-refractivity contribution is -0.385. The van der Waals surface area contributed by atoms with E-state index in [1.54, 1.807) is 12.1 Å². The summed E-state index contributed by atoms with van der Waals surface area (Å²) >= 11 is 0. The first-order valence-corrected chi connectivity index (χ1v) is 7.79. The van der Waals surface area contributed by atoms with E-state index in [0.29, 0.717) is 5.39 Å². The van der Waals surface area contributed by atoms with Crippen molar-refractivity contribution in [1.82, 2.24) is 0 Å². The molecule has 0 unspecified atom stereocenters. The van der Waals surface area contributed by atoms with Gasteiger partial charge in [0.05, 0.1) is 36.4 Å². The molecular formula is C19H15NO7. The molecular weight excluding hydrogens is 354 g/mol. The van der Waals surface area contributed by atoms with Crippen LogP contribution in [0.3, 0.4) is 0 Å². The molecule has 0 atom stereocenters. The predicted octanol–water partition coefficient (Wildman–Crippen LogP) is 3.96. The smallest absolute Gasteiger partial charge is 0.276 e. The number of nitro benzene ring substituents is 1. The number of hydrogen-bond acceptors (Lipinski definition) is 7. The van der Waals surface area contributed by atoms with Gasteiger partial charge in [-0.25, -0.2) is 0 Å². The van der Waals surface area contributed by atoms with E-state index in [2.05, 4.69) is 0 Å².